The van der Waals surface area contributed by atoms with E-state index in [9.17, 15) is 23.6 Å². The van der Waals surface area contributed by atoms with E-state index in [2.05, 4.69) is 10.6 Å². The van der Waals surface area contributed by atoms with Gasteiger partial charge in [-0.25, -0.2) is 4.39 Å². The summed E-state index contributed by atoms with van der Waals surface area (Å²) in [4.78, 5) is 50.3. The monoisotopic (exact) mass is 444 g/mol. The second-order valence-corrected chi connectivity index (χ2v) is 8.92. The lowest BCUT2D eigenvalue weighted by molar-refractivity contribution is -0.127. The number of ketones is 1. The van der Waals surface area contributed by atoms with Gasteiger partial charge in [0.05, 0.1) is 11.3 Å². The number of nitrogens with zero attached hydrogens (tertiary/aromatic N) is 1. The number of nitrogens with two attached hydrogens (primary N) is 1. The van der Waals surface area contributed by atoms with Crippen LogP contribution in [-0.4, -0.2) is 34.1 Å². The first-order valence-corrected chi connectivity index (χ1v) is 10.0. The Bertz CT molecular complexity index is 1110. The molecule has 0 spiro atoms. The molecule has 0 saturated carbocycles. The molecular weight excluding hydrogens is 415 g/mol. The van der Waals surface area contributed by atoms with Crippen molar-refractivity contribution < 1.29 is 23.6 Å². The average Bonchev–Trinajstić information content (AvgIpc) is 2.89. The zero-order valence-corrected chi connectivity index (χ0v) is 19.3. The molecule has 8 nitrogen and oxygen atoms in total. The van der Waals surface area contributed by atoms with Crippen LogP contribution in [0.2, 0.25) is 0 Å². The van der Waals surface area contributed by atoms with Crippen molar-refractivity contribution in [3.05, 3.63) is 52.1 Å². The minimum Gasteiger partial charge on any atom is -0.368 e. The summed E-state index contributed by atoms with van der Waals surface area (Å²) >= 11 is 0. The van der Waals surface area contributed by atoms with Crippen LogP contribution in [0.25, 0.3) is 0 Å². The van der Waals surface area contributed by atoms with E-state index in [-0.39, 0.29) is 11.3 Å². The molecule has 32 heavy (non-hydrogen) atoms. The number of aromatic nitrogens is 1. The van der Waals surface area contributed by atoms with Crippen LogP contribution in [0.4, 0.5) is 10.1 Å². The molecule has 0 saturated heterocycles. The van der Waals surface area contributed by atoms with E-state index in [1.807, 2.05) is 0 Å². The molecule has 172 valence electrons. The van der Waals surface area contributed by atoms with Crippen molar-refractivity contribution in [3.8, 4) is 0 Å². The number of Topliss-reactive ketones (excluding diaryl/α,β-unsaturated/α-hetero) is 1. The summed E-state index contributed by atoms with van der Waals surface area (Å²) in [6.45, 7) is 9.93. The number of halogens is 1. The van der Waals surface area contributed by atoms with E-state index < -0.39 is 40.8 Å². The van der Waals surface area contributed by atoms with E-state index in [4.69, 9.17) is 5.73 Å². The standard InChI is InChI=1S/C23H29FN4O4/c1-11-10-14(8-9-15(11)24)26-21(31)16-12(2)17(28(7)13(16)3)18(29)22(32)27-19(20(25)30)23(4,5)6/h8-10,19H,1-7H3,(H2,25,30)(H,26,31)(H,27,32)/t19-/m0/s1. The first kappa shape index (κ1) is 24.8. The highest BCUT2D eigenvalue weighted by molar-refractivity contribution is 6.43. The van der Waals surface area contributed by atoms with Gasteiger partial charge in [0.25, 0.3) is 17.6 Å². The van der Waals surface area contributed by atoms with Crippen molar-refractivity contribution >= 4 is 29.2 Å². The van der Waals surface area contributed by atoms with Gasteiger partial charge >= 0.3 is 0 Å². The van der Waals surface area contributed by atoms with Crippen LogP contribution < -0.4 is 16.4 Å². The van der Waals surface area contributed by atoms with Gasteiger partial charge in [0, 0.05) is 18.4 Å². The fourth-order valence-corrected chi connectivity index (χ4v) is 3.57. The van der Waals surface area contributed by atoms with Crippen LogP contribution in [0.3, 0.4) is 0 Å². The second kappa shape index (κ2) is 8.94. The van der Waals surface area contributed by atoms with Crippen LogP contribution in [0, 0.1) is 32.0 Å². The molecule has 0 fully saturated rings. The molecule has 1 atom stereocenters. The maximum absolute atomic E-state index is 13.5. The number of anilines is 1. The molecule has 2 rings (SSSR count). The Hall–Kier alpha value is -3.49. The number of hydrogen-bond donors (Lipinski definition) is 3. The van der Waals surface area contributed by atoms with Gasteiger partial charge in [0.1, 0.15) is 11.9 Å². The third-order valence-corrected chi connectivity index (χ3v) is 5.42. The summed E-state index contributed by atoms with van der Waals surface area (Å²) < 4.78 is 15.0. The van der Waals surface area contributed by atoms with Crippen molar-refractivity contribution in [2.45, 2.75) is 47.6 Å². The van der Waals surface area contributed by atoms with Crippen molar-refractivity contribution in [3.63, 3.8) is 0 Å². The maximum atomic E-state index is 13.5. The predicted molar refractivity (Wildman–Crippen MR) is 119 cm³/mol. The largest absolute Gasteiger partial charge is 0.368 e. The van der Waals surface area contributed by atoms with Crippen LogP contribution in [0.15, 0.2) is 18.2 Å². The van der Waals surface area contributed by atoms with Gasteiger partial charge in [-0.1, -0.05) is 20.8 Å². The number of aryl methyl sites for hydroxylation is 1. The second-order valence-electron chi connectivity index (χ2n) is 8.92. The molecule has 0 bridgehead atoms. The molecule has 4 N–H and O–H groups in total. The third-order valence-electron chi connectivity index (χ3n) is 5.42. The summed E-state index contributed by atoms with van der Waals surface area (Å²) in [5, 5.41) is 5.10. The third kappa shape index (κ3) is 4.87. The molecule has 3 amide bonds. The highest BCUT2D eigenvalue weighted by atomic mass is 19.1. The van der Waals surface area contributed by atoms with E-state index in [1.165, 1.54) is 22.8 Å². The summed E-state index contributed by atoms with van der Waals surface area (Å²) in [6.07, 6.45) is 0. The van der Waals surface area contributed by atoms with Gasteiger partial charge in [0.2, 0.25) is 5.91 Å². The fraction of sp³-hybridized carbons (Fsp3) is 0.391. The topological polar surface area (TPSA) is 123 Å². The first-order chi connectivity index (χ1) is 14.7. The zero-order chi connectivity index (χ0) is 24.5. The molecule has 0 radical (unpaired) electrons. The minimum absolute atomic E-state index is 0.0255. The Balaban J connectivity index is 2.36. The van der Waals surface area contributed by atoms with Gasteiger partial charge in [-0.2, -0.15) is 0 Å². The Kier molecular flexibility index (Phi) is 6.92. The van der Waals surface area contributed by atoms with Gasteiger partial charge in [-0.05, 0) is 55.5 Å². The van der Waals surface area contributed by atoms with E-state index >= 15 is 0 Å². The number of carbonyl (C=O) groups excluding carboxylic acids is 4. The molecule has 2 aromatic rings. The lowest BCUT2D eigenvalue weighted by atomic mass is 9.86. The number of primary amides is 1. The normalized spacial score (nSPS) is 12.2. The lowest BCUT2D eigenvalue weighted by Crippen LogP contribution is -2.53. The van der Waals surface area contributed by atoms with Crippen LogP contribution in [-0.2, 0) is 16.6 Å². The van der Waals surface area contributed by atoms with Crippen LogP contribution in [0.1, 0.15) is 58.4 Å². The van der Waals surface area contributed by atoms with E-state index in [0.29, 0.717) is 22.5 Å². The summed E-state index contributed by atoms with van der Waals surface area (Å²) in [6, 6.07) is 3.13. The molecule has 0 aliphatic heterocycles. The molecule has 0 aliphatic rings. The highest BCUT2D eigenvalue weighted by Gasteiger charge is 2.35. The Morgan fingerprint density at radius 1 is 1.09 bits per heavy atom. The number of rotatable bonds is 6. The molecule has 1 aromatic heterocycles. The van der Waals surface area contributed by atoms with E-state index in [0.717, 1.165) is 0 Å². The van der Waals surface area contributed by atoms with Crippen molar-refractivity contribution in [1.82, 2.24) is 9.88 Å². The van der Waals surface area contributed by atoms with Crippen LogP contribution in [0.5, 0.6) is 0 Å². The molecule has 9 heteroatoms. The Morgan fingerprint density at radius 2 is 1.69 bits per heavy atom. The van der Waals surface area contributed by atoms with Crippen molar-refractivity contribution in [1.29, 1.82) is 0 Å². The van der Waals surface area contributed by atoms with Crippen molar-refractivity contribution in [2.75, 3.05) is 5.32 Å². The Morgan fingerprint density at radius 3 is 2.19 bits per heavy atom. The van der Waals surface area contributed by atoms with Gasteiger partial charge in [0.15, 0.2) is 0 Å². The van der Waals surface area contributed by atoms with Gasteiger partial charge < -0.3 is 20.9 Å². The fourth-order valence-electron chi connectivity index (χ4n) is 3.57. The molecule has 1 aromatic carbocycles. The number of benzene rings is 1. The van der Waals surface area contributed by atoms with Crippen molar-refractivity contribution in [2.24, 2.45) is 18.2 Å². The highest BCUT2D eigenvalue weighted by Crippen LogP contribution is 2.24. The molecule has 1 heterocycles. The predicted octanol–water partition coefficient (Wildman–Crippen LogP) is 2.54. The first-order valence-electron chi connectivity index (χ1n) is 10.0. The minimum atomic E-state index is -1.05. The van der Waals surface area contributed by atoms with Crippen LogP contribution >= 0.6 is 0 Å². The lowest BCUT2D eigenvalue weighted by Gasteiger charge is -2.28. The van der Waals surface area contributed by atoms with E-state index in [1.54, 1.807) is 48.6 Å². The number of nitrogens with one attached hydrogen (secondary N) is 2. The maximum Gasteiger partial charge on any atom is 0.294 e. The number of carbonyl (C=O) groups is 4. The SMILES string of the molecule is Cc1cc(NC(=O)c2c(C)c(C(=O)C(=O)N[C@@H](C(N)=O)C(C)(C)C)n(C)c2C)ccc1F. The molecule has 0 aliphatic carbocycles. The van der Waals surface area contributed by atoms with Gasteiger partial charge in [-0.15, -0.1) is 0 Å². The van der Waals surface area contributed by atoms with Gasteiger partial charge in [-0.3, -0.25) is 19.2 Å². The zero-order valence-electron chi connectivity index (χ0n) is 19.3. The summed E-state index contributed by atoms with van der Waals surface area (Å²) in [5.41, 5.74) is 6.50. The number of hydrogen-bond acceptors (Lipinski definition) is 4. The summed E-state index contributed by atoms with van der Waals surface area (Å²) in [5.74, 6) is -3.52. The number of amides is 3. The molecular formula is C23H29FN4O4. The Labute approximate surface area is 186 Å². The smallest absolute Gasteiger partial charge is 0.294 e. The average molecular weight is 445 g/mol. The summed E-state index contributed by atoms with van der Waals surface area (Å²) in [7, 11) is 1.57. The quantitative estimate of drug-likeness (QED) is 0.468. The molecule has 0 unspecified atom stereocenters.